The van der Waals surface area contributed by atoms with Crippen LogP contribution in [0.5, 0.6) is 11.6 Å². The smallest absolute Gasteiger partial charge is 0.324 e. The molecule has 3 aromatic heterocycles. The van der Waals surface area contributed by atoms with Gasteiger partial charge >= 0.3 is 6.03 Å². The average molecular weight is 451 g/mol. The van der Waals surface area contributed by atoms with Crippen molar-refractivity contribution in [2.45, 2.75) is 27.2 Å². The van der Waals surface area contributed by atoms with Crippen LogP contribution in [0.1, 0.15) is 26.5 Å². The third-order valence-corrected chi connectivity index (χ3v) is 4.30. The highest BCUT2D eigenvalue weighted by molar-refractivity contribution is 5.99. The number of aromatic amines is 1. The maximum absolute atomic E-state index is 14.5. The Balaban J connectivity index is 1.38. The summed E-state index contributed by atoms with van der Waals surface area (Å²) in [6.07, 6.45) is 4.93. The first kappa shape index (κ1) is 21.9. The summed E-state index contributed by atoms with van der Waals surface area (Å²) in [5.41, 5.74) is 1.39. The van der Waals surface area contributed by atoms with Crippen LogP contribution in [0, 0.1) is 11.2 Å². The molecule has 0 radical (unpaired) electrons. The number of halogens is 1. The van der Waals surface area contributed by atoms with E-state index < -0.39 is 11.8 Å². The van der Waals surface area contributed by atoms with Crippen LogP contribution in [-0.2, 0) is 6.42 Å². The lowest BCUT2D eigenvalue weighted by atomic mass is 9.91. The molecule has 0 aliphatic carbocycles. The van der Waals surface area contributed by atoms with Crippen molar-refractivity contribution in [2.24, 2.45) is 5.41 Å². The van der Waals surface area contributed by atoms with E-state index in [9.17, 15) is 9.18 Å². The van der Waals surface area contributed by atoms with Crippen molar-refractivity contribution in [3.05, 3.63) is 60.7 Å². The standard InChI is InChI=1S/C22H22FN7O3/c1-22(2,3)10-13-8-18(30-29-13)27-21(31)26-16-5-4-14(9-15(16)23)33-19-6-7-24-20(28-19)17-11-32-12-25-17/h4-9,11-12H,10H2,1-3H3,(H3,26,27,29,30,31). The predicted octanol–water partition coefficient (Wildman–Crippen LogP) is 5.02. The van der Waals surface area contributed by atoms with E-state index in [2.05, 4.69) is 56.6 Å². The first-order valence-corrected chi connectivity index (χ1v) is 10.1. The lowest BCUT2D eigenvalue weighted by molar-refractivity contribution is 0.262. The molecule has 33 heavy (non-hydrogen) atoms. The number of hydrogen-bond donors (Lipinski definition) is 3. The number of carbonyl (C=O) groups is 1. The molecule has 0 unspecified atom stereocenters. The zero-order chi connectivity index (χ0) is 23.4. The Bertz CT molecular complexity index is 1250. The number of nitrogens with one attached hydrogen (secondary N) is 3. The van der Waals surface area contributed by atoms with Gasteiger partial charge in [-0.25, -0.2) is 19.2 Å². The van der Waals surface area contributed by atoms with Gasteiger partial charge in [0.25, 0.3) is 0 Å². The lowest BCUT2D eigenvalue weighted by Gasteiger charge is -2.15. The molecule has 3 N–H and O–H groups in total. The van der Waals surface area contributed by atoms with Crippen molar-refractivity contribution >= 4 is 17.5 Å². The van der Waals surface area contributed by atoms with Gasteiger partial charge in [0.1, 0.15) is 23.5 Å². The number of carbonyl (C=O) groups excluding carboxylic acids is 1. The van der Waals surface area contributed by atoms with Gasteiger partial charge in [0.15, 0.2) is 18.0 Å². The number of amides is 2. The van der Waals surface area contributed by atoms with E-state index in [0.29, 0.717) is 17.3 Å². The number of ether oxygens (including phenoxy) is 1. The van der Waals surface area contributed by atoms with E-state index in [1.165, 1.54) is 37.1 Å². The molecule has 0 spiro atoms. The minimum atomic E-state index is -0.677. The second kappa shape index (κ2) is 9.07. The fourth-order valence-corrected chi connectivity index (χ4v) is 2.98. The molecule has 0 aliphatic heterocycles. The van der Waals surface area contributed by atoms with Gasteiger partial charge in [0.05, 0.1) is 5.69 Å². The number of rotatable bonds is 6. The molecule has 4 aromatic rings. The number of urea groups is 1. The van der Waals surface area contributed by atoms with Crippen LogP contribution < -0.4 is 15.4 Å². The van der Waals surface area contributed by atoms with Crippen LogP contribution in [-0.4, -0.2) is 31.2 Å². The minimum Gasteiger partial charge on any atom is -0.451 e. The van der Waals surface area contributed by atoms with Gasteiger partial charge in [-0.3, -0.25) is 10.4 Å². The topological polar surface area (TPSA) is 131 Å². The van der Waals surface area contributed by atoms with E-state index in [0.717, 1.165) is 18.2 Å². The van der Waals surface area contributed by atoms with Crippen molar-refractivity contribution in [3.8, 4) is 23.1 Å². The van der Waals surface area contributed by atoms with Gasteiger partial charge in [-0.05, 0) is 24.0 Å². The van der Waals surface area contributed by atoms with Crippen LogP contribution in [0.15, 0.2) is 53.6 Å². The molecular weight excluding hydrogens is 429 g/mol. The van der Waals surface area contributed by atoms with Crippen molar-refractivity contribution in [2.75, 3.05) is 10.6 Å². The van der Waals surface area contributed by atoms with Gasteiger partial charge < -0.3 is 14.5 Å². The first-order chi connectivity index (χ1) is 15.7. The van der Waals surface area contributed by atoms with Crippen LogP contribution in [0.2, 0.25) is 0 Å². The molecule has 11 heteroatoms. The zero-order valence-electron chi connectivity index (χ0n) is 18.2. The summed E-state index contributed by atoms with van der Waals surface area (Å²) in [5.74, 6) is 0.371. The number of oxazole rings is 1. The van der Waals surface area contributed by atoms with Crippen LogP contribution in [0.25, 0.3) is 11.5 Å². The van der Waals surface area contributed by atoms with E-state index in [1.54, 1.807) is 6.07 Å². The summed E-state index contributed by atoms with van der Waals surface area (Å²) in [7, 11) is 0. The average Bonchev–Trinajstić information content (AvgIpc) is 3.41. The van der Waals surface area contributed by atoms with Crippen molar-refractivity contribution < 1.29 is 18.3 Å². The molecule has 2 amide bonds. The molecule has 3 heterocycles. The second-order valence-electron chi connectivity index (χ2n) is 8.43. The molecule has 0 fully saturated rings. The van der Waals surface area contributed by atoms with Crippen molar-refractivity contribution in [3.63, 3.8) is 0 Å². The second-order valence-corrected chi connectivity index (χ2v) is 8.43. The van der Waals surface area contributed by atoms with Crippen LogP contribution in [0.3, 0.4) is 0 Å². The zero-order valence-corrected chi connectivity index (χ0v) is 18.2. The fraction of sp³-hybridized carbons (Fsp3) is 0.227. The summed E-state index contributed by atoms with van der Waals surface area (Å²) in [6.45, 7) is 6.30. The monoisotopic (exact) mass is 451 g/mol. The van der Waals surface area contributed by atoms with Gasteiger partial charge in [-0.1, -0.05) is 20.8 Å². The summed E-state index contributed by atoms with van der Waals surface area (Å²) in [5, 5.41) is 12.0. The molecule has 0 saturated heterocycles. The van der Waals surface area contributed by atoms with Crippen molar-refractivity contribution in [1.82, 2.24) is 25.1 Å². The third kappa shape index (κ3) is 5.91. The molecule has 0 atom stereocenters. The SMILES string of the molecule is CC(C)(C)Cc1cc(NC(=O)Nc2ccc(Oc3ccnc(-c4cocn4)n3)cc2F)n[nH]1. The Morgan fingerprint density at radius 2 is 2.03 bits per heavy atom. The van der Waals surface area contributed by atoms with Gasteiger partial charge in [0.2, 0.25) is 5.88 Å². The largest absolute Gasteiger partial charge is 0.451 e. The number of benzene rings is 1. The predicted molar refractivity (Wildman–Crippen MR) is 118 cm³/mol. The summed E-state index contributed by atoms with van der Waals surface area (Å²) in [6, 6.07) is 6.69. The molecule has 0 saturated carbocycles. The van der Waals surface area contributed by atoms with Crippen molar-refractivity contribution in [1.29, 1.82) is 0 Å². The fourth-order valence-electron chi connectivity index (χ4n) is 2.98. The van der Waals surface area contributed by atoms with Crippen LogP contribution in [0.4, 0.5) is 20.7 Å². The highest BCUT2D eigenvalue weighted by atomic mass is 19.1. The third-order valence-electron chi connectivity index (χ3n) is 4.30. The van der Waals surface area contributed by atoms with E-state index >= 15 is 0 Å². The molecule has 170 valence electrons. The van der Waals surface area contributed by atoms with E-state index in [4.69, 9.17) is 9.15 Å². The highest BCUT2D eigenvalue weighted by Gasteiger charge is 2.15. The molecule has 1 aromatic carbocycles. The summed E-state index contributed by atoms with van der Waals surface area (Å²) in [4.78, 5) is 24.5. The van der Waals surface area contributed by atoms with Gasteiger partial charge in [0, 0.05) is 30.1 Å². The molecule has 0 bridgehead atoms. The molecule has 0 aliphatic rings. The van der Waals surface area contributed by atoms with Crippen LogP contribution >= 0.6 is 0 Å². The molecular formula is C22H22FN7O3. The van der Waals surface area contributed by atoms with E-state index in [-0.39, 0.29) is 22.7 Å². The van der Waals surface area contributed by atoms with Gasteiger partial charge in [-0.2, -0.15) is 10.1 Å². The summed E-state index contributed by atoms with van der Waals surface area (Å²) < 4.78 is 25.1. The quantitative estimate of drug-likeness (QED) is 0.375. The highest BCUT2D eigenvalue weighted by Crippen LogP contribution is 2.26. The first-order valence-electron chi connectivity index (χ1n) is 10.1. The maximum atomic E-state index is 14.5. The number of aromatic nitrogens is 5. The Morgan fingerprint density at radius 3 is 2.76 bits per heavy atom. The normalized spacial score (nSPS) is 11.3. The number of H-pyrrole nitrogens is 1. The minimum absolute atomic E-state index is 0.0173. The maximum Gasteiger partial charge on any atom is 0.324 e. The summed E-state index contributed by atoms with van der Waals surface area (Å²) >= 11 is 0. The van der Waals surface area contributed by atoms with Gasteiger partial charge in [-0.15, -0.1) is 0 Å². The Hall–Kier alpha value is -4.28. The number of nitrogens with zero attached hydrogens (tertiary/aromatic N) is 4. The number of anilines is 2. The lowest BCUT2D eigenvalue weighted by Crippen LogP contribution is -2.20. The van der Waals surface area contributed by atoms with E-state index in [1.807, 2.05) is 0 Å². The molecule has 10 nitrogen and oxygen atoms in total. The Morgan fingerprint density at radius 1 is 1.18 bits per heavy atom. The molecule has 4 rings (SSSR count). The Kier molecular flexibility index (Phi) is 6.03. The number of hydrogen-bond acceptors (Lipinski definition) is 7. The Labute approximate surface area is 188 Å².